The van der Waals surface area contributed by atoms with Crippen LogP contribution in [0.5, 0.6) is 0 Å². The van der Waals surface area contributed by atoms with Crippen LogP contribution in [0.1, 0.15) is 15.2 Å². The quantitative estimate of drug-likeness (QED) is 0.383. The number of hydrogen-bond donors (Lipinski definition) is 2. The SMILES string of the molecule is COC(=O)c1c(NC(=S)Nc2ccc(Cl)cc2F)sc(C)c1-c1ccccc1. The predicted octanol–water partition coefficient (Wildman–Crippen LogP) is 6.11. The molecular weight excluding hydrogens is 419 g/mol. The van der Waals surface area contributed by atoms with Gasteiger partial charge in [-0.2, -0.15) is 0 Å². The zero-order valence-corrected chi connectivity index (χ0v) is 17.4. The first-order valence-electron chi connectivity index (χ1n) is 8.21. The number of anilines is 2. The summed E-state index contributed by atoms with van der Waals surface area (Å²) in [5, 5.41) is 6.72. The number of hydrogen-bond acceptors (Lipinski definition) is 4. The van der Waals surface area contributed by atoms with Gasteiger partial charge in [0.2, 0.25) is 0 Å². The van der Waals surface area contributed by atoms with Crippen molar-refractivity contribution in [3.63, 3.8) is 0 Å². The number of thiocarbonyl (C=S) groups is 1. The fraction of sp³-hybridized carbons (Fsp3) is 0.100. The summed E-state index contributed by atoms with van der Waals surface area (Å²) in [6.07, 6.45) is 0. The second kappa shape index (κ2) is 8.68. The Balaban J connectivity index is 1.93. The van der Waals surface area contributed by atoms with Crippen LogP contribution in [0.15, 0.2) is 48.5 Å². The van der Waals surface area contributed by atoms with Crippen LogP contribution in [-0.4, -0.2) is 18.2 Å². The standard InChI is InChI=1S/C20H16ClFN2O2S2/c1-11-16(12-6-4-3-5-7-12)17(19(25)26-2)18(28-11)24-20(27)23-15-9-8-13(21)10-14(15)22/h3-10H,1-2H3,(H2,23,24,27). The maximum atomic E-state index is 14.0. The smallest absolute Gasteiger partial charge is 0.341 e. The molecule has 0 amide bonds. The fourth-order valence-electron chi connectivity index (χ4n) is 2.73. The summed E-state index contributed by atoms with van der Waals surface area (Å²) < 4.78 is 19.0. The van der Waals surface area contributed by atoms with Gasteiger partial charge in [0.1, 0.15) is 16.4 Å². The first-order chi connectivity index (χ1) is 13.4. The van der Waals surface area contributed by atoms with E-state index < -0.39 is 11.8 Å². The molecule has 0 unspecified atom stereocenters. The normalized spacial score (nSPS) is 10.4. The number of aryl methyl sites for hydroxylation is 1. The average Bonchev–Trinajstić information content (AvgIpc) is 2.99. The topological polar surface area (TPSA) is 50.4 Å². The second-order valence-electron chi connectivity index (χ2n) is 5.80. The number of thiophene rings is 1. The summed E-state index contributed by atoms with van der Waals surface area (Å²) in [6.45, 7) is 1.92. The maximum Gasteiger partial charge on any atom is 0.341 e. The van der Waals surface area contributed by atoms with Gasteiger partial charge >= 0.3 is 5.97 Å². The van der Waals surface area contributed by atoms with Crippen molar-refractivity contribution in [1.82, 2.24) is 0 Å². The monoisotopic (exact) mass is 434 g/mol. The zero-order valence-electron chi connectivity index (χ0n) is 15.0. The lowest BCUT2D eigenvalue weighted by molar-refractivity contribution is 0.0603. The molecule has 1 heterocycles. The van der Waals surface area contributed by atoms with E-state index in [2.05, 4.69) is 10.6 Å². The van der Waals surface area contributed by atoms with Gasteiger partial charge in [-0.25, -0.2) is 9.18 Å². The van der Waals surface area contributed by atoms with Gasteiger partial charge in [-0.15, -0.1) is 11.3 Å². The lowest BCUT2D eigenvalue weighted by Gasteiger charge is -2.12. The summed E-state index contributed by atoms with van der Waals surface area (Å²) in [6, 6.07) is 13.8. The fourth-order valence-corrected chi connectivity index (χ4v) is 4.23. The molecule has 1 aromatic heterocycles. The molecule has 28 heavy (non-hydrogen) atoms. The third kappa shape index (κ3) is 4.32. The molecule has 0 bridgehead atoms. The minimum absolute atomic E-state index is 0.146. The molecule has 0 saturated carbocycles. The van der Waals surface area contributed by atoms with Crippen LogP contribution in [0, 0.1) is 12.7 Å². The van der Waals surface area contributed by atoms with Gasteiger partial charge in [-0.3, -0.25) is 0 Å². The molecule has 0 aliphatic heterocycles. The highest BCUT2D eigenvalue weighted by atomic mass is 35.5. The van der Waals surface area contributed by atoms with Crippen molar-refractivity contribution in [2.24, 2.45) is 0 Å². The van der Waals surface area contributed by atoms with Gasteiger partial charge < -0.3 is 15.4 Å². The lowest BCUT2D eigenvalue weighted by Crippen LogP contribution is -2.20. The number of ether oxygens (including phenoxy) is 1. The number of rotatable bonds is 4. The predicted molar refractivity (Wildman–Crippen MR) is 117 cm³/mol. The van der Waals surface area contributed by atoms with Crippen molar-refractivity contribution in [3.05, 3.63) is 69.8 Å². The lowest BCUT2D eigenvalue weighted by atomic mass is 10.0. The van der Waals surface area contributed by atoms with E-state index >= 15 is 0 Å². The highest BCUT2D eigenvalue weighted by molar-refractivity contribution is 7.80. The Morgan fingerprint density at radius 3 is 2.54 bits per heavy atom. The molecule has 4 nitrogen and oxygen atoms in total. The molecular formula is C20H16ClFN2O2S2. The third-order valence-corrected chi connectivity index (χ3v) is 5.40. The van der Waals surface area contributed by atoms with E-state index in [-0.39, 0.29) is 15.8 Å². The Kier molecular flexibility index (Phi) is 6.28. The third-order valence-electron chi connectivity index (χ3n) is 3.94. The van der Waals surface area contributed by atoms with Crippen molar-refractivity contribution >= 4 is 56.9 Å². The number of carbonyl (C=O) groups excluding carboxylic acids is 1. The minimum atomic E-state index is -0.530. The van der Waals surface area contributed by atoms with Gasteiger partial charge in [-0.1, -0.05) is 41.9 Å². The molecule has 0 spiro atoms. The van der Waals surface area contributed by atoms with E-state index in [0.29, 0.717) is 10.6 Å². The molecule has 0 aliphatic rings. The van der Waals surface area contributed by atoms with Gasteiger partial charge in [0.05, 0.1) is 12.8 Å². The van der Waals surface area contributed by atoms with E-state index in [1.807, 2.05) is 37.3 Å². The molecule has 0 atom stereocenters. The Morgan fingerprint density at radius 2 is 1.89 bits per heavy atom. The Bertz CT molecular complexity index is 1040. The van der Waals surface area contributed by atoms with Crippen molar-refractivity contribution in [2.45, 2.75) is 6.92 Å². The zero-order chi connectivity index (χ0) is 20.3. The molecule has 0 fully saturated rings. The number of methoxy groups -OCH3 is 1. The summed E-state index contributed by atoms with van der Waals surface area (Å²) in [4.78, 5) is 13.4. The van der Waals surface area contributed by atoms with Crippen molar-refractivity contribution in [1.29, 1.82) is 0 Å². The van der Waals surface area contributed by atoms with Crippen LogP contribution in [0.4, 0.5) is 15.1 Å². The molecule has 2 N–H and O–H groups in total. The Hall–Kier alpha value is -2.48. The highest BCUT2D eigenvalue weighted by Crippen LogP contribution is 2.40. The van der Waals surface area contributed by atoms with Crippen LogP contribution in [0.2, 0.25) is 5.02 Å². The van der Waals surface area contributed by atoms with Crippen molar-refractivity contribution in [3.8, 4) is 11.1 Å². The first kappa shape index (κ1) is 20.3. The van der Waals surface area contributed by atoms with Gasteiger partial charge in [0, 0.05) is 15.5 Å². The van der Waals surface area contributed by atoms with E-state index in [1.54, 1.807) is 6.07 Å². The number of halogens is 2. The number of carbonyl (C=O) groups is 1. The van der Waals surface area contributed by atoms with Crippen LogP contribution < -0.4 is 10.6 Å². The summed E-state index contributed by atoms with van der Waals surface area (Å²) in [7, 11) is 1.33. The Morgan fingerprint density at radius 1 is 1.18 bits per heavy atom. The van der Waals surface area contributed by atoms with Gasteiger partial charge in [0.15, 0.2) is 5.11 Å². The van der Waals surface area contributed by atoms with Gasteiger partial charge in [0.25, 0.3) is 0 Å². The van der Waals surface area contributed by atoms with E-state index in [4.69, 9.17) is 28.6 Å². The van der Waals surface area contributed by atoms with Crippen LogP contribution in [0.25, 0.3) is 11.1 Å². The van der Waals surface area contributed by atoms with E-state index in [9.17, 15) is 9.18 Å². The Labute approximate surface area is 176 Å². The molecule has 8 heteroatoms. The van der Waals surface area contributed by atoms with Crippen LogP contribution >= 0.6 is 35.2 Å². The summed E-state index contributed by atoms with van der Waals surface area (Å²) in [5.74, 6) is -1.01. The molecule has 0 radical (unpaired) electrons. The van der Waals surface area contributed by atoms with Crippen LogP contribution in [0.3, 0.4) is 0 Å². The van der Waals surface area contributed by atoms with E-state index in [1.165, 1.54) is 30.6 Å². The molecule has 3 aromatic rings. The molecule has 2 aromatic carbocycles. The number of nitrogens with one attached hydrogen (secondary N) is 2. The molecule has 3 rings (SSSR count). The minimum Gasteiger partial charge on any atom is -0.465 e. The molecule has 0 saturated heterocycles. The highest BCUT2D eigenvalue weighted by Gasteiger charge is 2.24. The van der Waals surface area contributed by atoms with Crippen molar-refractivity contribution in [2.75, 3.05) is 17.7 Å². The second-order valence-corrected chi connectivity index (χ2v) is 7.87. The molecule has 0 aliphatic carbocycles. The summed E-state index contributed by atoms with van der Waals surface area (Å²) >= 11 is 12.4. The molecule has 144 valence electrons. The van der Waals surface area contributed by atoms with Crippen molar-refractivity contribution < 1.29 is 13.9 Å². The first-order valence-corrected chi connectivity index (χ1v) is 9.81. The van der Waals surface area contributed by atoms with E-state index in [0.717, 1.165) is 16.0 Å². The average molecular weight is 435 g/mol. The number of esters is 1. The summed E-state index contributed by atoms with van der Waals surface area (Å²) in [5.41, 5.74) is 2.24. The number of benzene rings is 2. The maximum absolute atomic E-state index is 14.0. The van der Waals surface area contributed by atoms with Crippen LogP contribution in [-0.2, 0) is 4.74 Å². The van der Waals surface area contributed by atoms with Gasteiger partial charge in [-0.05, 0) is 42.9 Å². The largest absolute Gasteiger partial charge is 0.465 e.